The van der Waals surface area contributed by atoms with E-state index in [2.05, 4.69) is 18.1 Å². The molecule has 2 bridgehead atoms. The van der Waals surface area contributed by atoms with E-state index < -0.39 is 41.1 Å². The van der Waals surface area contributed by atoms with E-state index in [1.54, 1.807) is 22.0 Å². The number of esters is 1. The van der Waals surface area contributed by atoms with Crippen LogP contribution in [0.25, 0.3) is 0 Å². The normalized spacial score (nSPS) is 29.8. The van der Waals surface area contributed by atoms with E-state index in [1.165, 1.54) is 0 Å². The summed E-state index contributed by atoms with van der Waals surface area (Å²) < 4.78 is 18.2. The molecule has 4 heterocycles. The Balaban J connectivity index is 1.51. The van der Waals surface area contributed by atoms with Crippen molar-refractivity contribution in [1.29, 1.82) is 0 Å². The topological polar surface area (TPSA) is 109 Å². The van der Waals surface area contributed by atoms with Gasteiger partial charge in [-0.2, -0.15) is 0 Å². The van der Waals surface area contributed by atoms with E-state index in [4.69, 9.17) is 14.2 Å². The molecular formula is C35H49N3O7. The van der Waals surface area contributed by atoms with Crippen LogP contribution in [-0.4, -0.2) is 120 Å². The number of carbonyl (C=O) groups excluding carboxylic acids is 3. The molecule has 4 aliphatic heterocycles. The van der Waals surface area contributed by atoms with Crippen molar-refractivity contribution in [1.82, 2.24) is 14.7 Å². The number of unbranched alkanes of at least 4 members (excludes halogenated alkanes) is 1. The second kappa shape index (κ2) is 14.6. The lowest BCUT2D eigenvalue weighted by Gasteiger charge is -2.40. The minimum Gasteiger partial charge on any atom is -0.465 e. The lowest BCUT2D eigenvalue weighted by molar-refractivity contribution is -0.163. The number of carbonyl (C=O) groups is 3. The number of amides is 2. The van der Waals surface area contributed by atoms with Crippen LogP contribution in [0.1, 0.15) is 44.6 Å². The summed E-state index contributed by atoms with van der Waals surface area (Å²) >= 11 is 0. The number of aliphatic hydroxyl groups is 1. The maximum atomic E-state index is 14.8. The van der Waals surface area contributed by atoms with Gasteiger partial charge in [-0.05, 0) is 44.1 Å². The Bertz CT molecular complexity index is 1220. The molecule has 2 unspecified atom stereocenters. The van der Waals surface area contributed by atoms with Gasteiger partial charge in [0.2, 0.25) is 11.8 Å². The molecule has 2 amide bonds. The average Bonchev–Trinajstić information content (AvgIpc) is 3.68. The number of allylic oxidation sites excluding steroid dienone is 1. The second-order valence-electron chi connectivity index (χ2n) is 12.7. The molecular weight excluding hydrogens is 574 g/mol. The highest BCUT2D eigenvalue weighted by atomic mass is 16.6. The second-order valence-corrected chi connectivity index (χ2v) is 12.7. The van der Waals surface area contributed by atoms with Crippen LogP contribution in [-0.2, 0) is 35.0 Å². The van der Waals surface area contributed by atoms with Crippen LogP contribution in [0, 0.1) is 11.8 Å². The van der Waals surface area contributed by atoms with Crippen LogP contribution in [0.15, 0.2) is 55.6 Å². The molecule has 5 rings (SSSR count). The van der Waals surface area contributed by atoms with Gasteiger partial charge in [-0.25, -0.2) is 0 Å². The predicted molar refractivity (Wildman–Crippen MR) is 169 cm³/mol. The molecule has 1 spiro atoms. The van der Waals surface area contributed by atoms with Crippen LogP contribution in [0.2, 0.25) is 0 Å². The maximum Gasteiger partial charge on any atom is 0.312 e. The van der Waals surface area contributed by atoms with Crippen LogP contribution < -0.4 is 0 Å². The largest absolute Gasteiger partial charge is 0.465 e. The third-order valence-electron chi connectivity index (χ3n) is 10.3. The van der Waals surface area contributed by atoms with Crippen molar-refractivity contribution >= 4 is 17.8 Å². The highest BCUT2D eigenvalue weighted by molar-refractivity contribution is 5.98. The summed E-state index contributed by atoms with van der Waals surface area (Å²) in [4.78, 5) is 48.9. The molecule has 246 valence electrons. The summed E-state index contributed by atoms with van der Waals surface area (Å²) in [7, 11) is 0. The summed E-state index contributed by atoms with van der Waals surface area (Å²) in [5.74, 6) is -2.71. The molecule has 10 nitrogen and oxygen atoms in total. The zero-order valence-electron chi connectivity index (χ0n) is 26.6. The molecule has 4 aliphatic rings. The van der Waals surface area contributed by atoms with Crippen molar-refractivity contribution in [3.63, 3.8) is 0 Å². The zero-order valence-corrected chi connectivity index (χ0v) is 26.6. The number of ether oxygens (including phenoxy) is 3. The average molecular weight is 624 g/mol. The highest BCUT2D eigenvalue weighted by Gasteiger charge is 2.79. The molecule has 0 radical (unpaired) electrons. The van der Waals surface area contributed by atoms with Gasteiger partial charge in [0.05, 0.1) is 44.0 Å². The monoisotopic (exact) mass is 623 g/mol. The first-order valence-corrected chi connectivity index (χ1v) is 16.5. The van der Waals surface area contributed by atoms with E-state index in [1.807, 2.05) is 37.3 Å². The molecule has 45 heavy (non-hydrogen) atoms. The van der Waals surface area contributed by atoms with E-state index in [0.29, 0.717) is 71.4 Å². The summed E-state index contributed by atoms with van der Waals surface area (Å²) in [6, 6.07) is 7.97. The fraction of sp³-hybridized carbons (Fsp3) is 0.629. The smallest absolute Gasteiger partial charge is 0.312 e. The number of likely N-dealkylation sites (tertiary alicyclic amines) is 1. The van der Waals surface area contributed by atoms with Gasteiger partial charge >= 0.3 is 5.97 Å². The van der Waals surface area contributed by atoms with Gasteiger partial charge in [-0.15, -0.1) is 13.2 Å². The molecule has 1 aromatic rings. The van der Waals surface area contributed by atoms with Crippen LogP contribution in [0.5, 0.6) is 0 Å². The summed E-state index contributed by atoms with van der Waals surface area (Å²) in [6.45, 7) is 13.8. The third-order valence-corrected chi connectivity index (χ3v) is 10.3. The van der Waals surface area contributed by atoms with Crippen molar-refractivity contribution in [2.75, 3.05) is 59.2 Å². The van der Waals surface area contributed by atoms with Crippen molar-refractivity contribution in [2.45, 2.75) is 68.7 Å². The number of benzene rings is 1. The first-order valence-electron chi connectivity index (χ1n) is 16.5. The van der Waals surface area contributed by atoms with E-state index in [-0.39, 0.29) is 25.0 Å². The van der Waals surface area contributed by atoms with Gasteiger partial charge < -0.3 is 29.1 Å². The zero-order chi connectivity index (χ0) is 32.0. The van der Waals surface area contributed by atoms with Crippen molar-refractivity contribution in [3.8, 4) is 0 Å². The molecule has 4 fully saturated rings. The number of aliphatic hydroxyl groups excluding tert-OH is 1. The van der Waals surface area contributed by atoms with Crippen molar-refractivity contribution < 1.29 is 33.7 Å². The Kier molecular flexibility index (Phi) is 10.8. The number of hydrogen-bond acceptors (Lipinski definition) is 8. The Morgan fingerprint density at radius 1 is 1.18 bits per heavy atom. The number of nitrogens with zero attached hydrogens (tertiary/aromatic N) is 3. The lowest BCUT2D eigenvalue weighted by Crippen LogP contribution is -2.60. The Morgan fingerprint density at radius 3 is 2.60 bits per heavy atom. The quantitative estimate of drug-likeness (QED) is 0.170. The minimum absolute atomic E-state index is 0.225. The Hall–Kier alpha value is -3.05. The van der Waals surface area contributed by atoms with Gasteiger partial charge in [0.15, 0.2) is 0 Å². The van der Waals surface area contributed by atoms with Crippen LogP contribution in [0.4, 0.5) is 0 Å². The van der Waals surface area contributed by atoms with Gasteiger partial charge in [-0.3, -0.25) is 19.3 Å². The SMILES string of the molecule is C=CCCCOC(=O)[C@H]1[C@H]2C(=O)N([C@@H](CO)Cc3ccccc3)C(C(=O)N(CC=C)CCN3CCOCC3)C23CC[C@]1(CC)O3. The summed E-state index contributed by atoms with van der Waals surface area (Å²) in [6.07, 6.45) is 6.74. The molecule has 10 heteroatoms. The van der Waals surface area contributed by atoms with Crippen molar-refractivity contribution in [3.05, 3.63) is 61.2 Å². The van der Waals surface area contributed by atoms with E-state index in [0.717, 1.165) is 18.7 Å². The first-order chi connectivity index (χ1) is 21.9. The first kappa shape index (κ1) is 33.3. The molecule has 0 saturated carbocycles. The Labute approximate surface area is 267 Å². The van der Waals surface area contributed by atoms with Gasteiger partial charge in [0.25, 0.3) is 0 Å². The molecule has 6 atom stereocenters. The van der Waals surface area contributed by atoms with Crippen molar-refractivity contribution in [2.24, 2.45) is 11.8 Å². The standard InChI is InChI=1S/C35H49N3O7/c1-4-7-11-21-44-33(42)29-28-31(40)38(27(25-39)24-26-12-9-8-10-13-26)30(35(28)15-14-34(29,6-3)45-35)32(41)37(16-5-2)18-17-36-19-22-43-23-20-36/h4-5,8-10,12-13,27-30,39H,1-2,6-7,11,14-25H2,3H3/t27-,28+,29-,30?,34+,35?/m1/s1. The number of fused-ring (bicyclic) bond motifs is 1. The third kappa shape index (κ3) is 6.35. The maximum absolute atomic E-state index is 14.8. The van der Waals surface area contributed by atoms with Gasteiger partial charge in [-0.1, -0.05) is 49.4 Å². The number of morpholine rings is 1. The van der Waals surface area contributed by atoms with Crippen LogP contribution >= 0.6 is 0 Å². The highest BCUT2D eigenvalue weighted by Crippen LogP contribution is 2.65. The molecule has 0 aromatic heterocycles. The fourth-order valence-corrected chi connectivity index (χ4v) is 8.02. The van der Waals surface area contributed by atoms with E-state index in [9.17, 15) is 19.5 Å². The Morgan fingerprint density at radius 2 is 1.93 bits per heavy atom. The van der Waals surface area contributed by atoms with Gasteiger partial charge in [0.1, 0.15) is 17.6 Å². The van der Waals surface area contributed by atoms with Gasteiger partial charge in [0, 0.05) is 32.7 Å². The minimum atomic E-state index is -1.20. The molecule has 0 aliphatic carbocycles. The molecule has 4 saturated heterocycles. The van der Waals surface area contributed by atoms with Crippen LogP contribution in [0.3, 0.4) is 0 Å². The lowest BCUT2D eigenvalue weighted by atomic mass is 9.65. The van der Waals surface area contributed by atoms with E-state index >= 15 is 0 Å². The summed E-state index contributed by atoms with van der Waals surface area (Å²) in [5, 5.41) is 10.8. The number of rotatable bonds is 16. The number of hydrogen-bond donors (Lipinski definition) is 1. The fourth-order valence-electron chi connectivity index (χ4n) is 8.02. The summed E-state index contributed by atoms with van der Waals surface area (Å²) in [5.41, 5.74) is -1.14. The molecule has 1 aromatic carbocycles. The molecule has 1 N–H and O–H groups in total. The predicted octanol–water partition coefficient (Wildman–Crippen LogP) is 2.60.